The molecule has 0 spiro atoms. The van der Waals surface area contributed by atoms with Crippen molar-refractivity contribution in [2.24, 2.45) is 4.40 Å². The molecule has 1 unspecified atom stereocenters. The largest absolute Gasteiger partial charge is 0.457 e. The monoisotopic (exact) mass is 315 g/mol. The van der Waals surface area contributed by atoms with Crippen molar-refractivity contribution >= 4 is 17.2 Å². The second-order valence-corrected chi connectivity index (χ2v) is 7.97. The highest BCUT2D eigenvalue weighted by atomic mass is 32.2. The van der Waals surface area contributed by atoms with Crippen LogP contribution >= 0.6 is 0 Å². The van der Waals surface area contributed by atoms with Gasteiger partial charge in [0, 0.05) is 6.21 Å². The third-order valence-electron chi connectivity index (χ3n) is 2.99. The Hall–Kier alpha value is -1.94. The first kappa shape index (κ1) is 16.4. The molecule has 0 fully saturated rings. The molecule has 116 valence electrons. The van der Waals surface area contributed by atoms with E-state index in [1.165, 1.54) is 0 Å². The predicted octanol–water partition coefficient (Wildman–Crippen LogP) is 4.67. The van der Waals surface area contributed by atoms with Crippen molar-refractivity contribution in [2.75, 3.05) is 0 Å². The van der Waals surface area contributed by atoms with E-state index in [1.54, 1.807) is 6.21 Å². The summed E-state index contributed by atoms with van der Waals surface area (Å²) in [7, 11) is -1.24. The molecule has 0 heterocycles. The van der Waals surface area contributed by atoms with Gasteiger partial charge in [-0.2, -0.15) is 4.40 Å². The first-order valence-electron chi connectivity index (χ1n) is 7.16. The maximum absolute atomic E-state index is 11.9. The van der Waals surface area contributed by atoms with Crippen LogP contribution < -0.4 is 4.74 Å². The van der Waals surface area contributed by atoms with E-state index in [4.69, 9.17) is 4.74 Å². The number of aryl methyl sites for hydroxylation is 1. The van der Waals surface area contributed by atoms with Gasteiger partial charge in [0.05, 0.1) is 4.75 Å². The molecule has 1 atom stereocenters. The van der Waals surface area contributed by atoms with Crippen LogP contribution in [-0.4, -0.2) is 15.2 Å². The molecule has 2 aromatic rings. The summed E-state index contributed by atoms with van der Waals surface area (Å²) in [5, 5.41) is 0. The minimum atomic E-state index is -1.24. The smallest absolute Gasteiger partial charge is 0.144 e. The highest BCUT2D eigenvalue weighted by Crippen LogP contribution is 2.25. The molecule has 0 saturated heterocycles. The molecule has 2 aromatic carbocycles. The standard InChI is InChI=1S/C18H21NO2S/c1-14-12-15(13-19-22(20)18(2,3)4)10-11-17(14)21-16-8-6-5-7-9-16/h5-13H,1-4H3. The number of benzene rings is 2. The Morgan fingerprint density at radius 1 is 1.09 bits per heavy atom. The number of ether oxygens (including phenoxy) is 1. The predicted molar refractivity (Wildman–Crippen MR) is 93.2 cm³/mol. The fourth-order valence-corrected chi connectivity index (χ4v) is 2.28. The van der Waals surface area contributed by atoms with Crippen molar-refractivity contribution < 1.29 is 8.95 Å². The van der Waals surface area contributed by atoms with Crippen molar-refractivity contribution in [1.29, 1.82) is 0 Å². The molecule has 0 aliphatic heterocycles. The van der Waals surface area contributed by atoms with E-state index < -0.39 is 11.0 Å². The normalized spacial score (nSPS) is 13.3. The Morgan fingerprint density at radius 2 is 1.77 bits per heavy atom. The summed E-state index contributed by atoms with van der Waals surface area (Å²) in [6, 6.07) is 15.5. The maximum atomic E-state index is 11.9. The SMILES string of the molecule is Cc1cc(C=NS(=O)C(C)(C)C)ccc1Oc1ccccc1. The number of nitrogens with zero attached hydrogens (tertiary/aromatic N) is 1. The zero-order valence-electron chi connectivity index (χ0n) is 13.4. The van der Waals surface area contributed by atoms with Crippen molar-refractivity contribution in [3.8, 4) is 11.5 Å². The molecule has 0 aliphatic carbocycles. The van der Waals surface area contributed by atoms with Crippen LogP contribution in [0.25, 0.3) is 0 Å². The number of para-hydroxylation sites is 1. The van der Waals surface area contributed by atoms with Crippen LogP contribution in [0.3, 0.4) is 0 Å². The van der Waals surface area contributed by atoms with Gasteiger partial charge in [0.2, 0.25) is 0 Å². The average molecular weight is 315 g/mol. The van der Waals surface area contributed by atoms with E-state index in [2.05, 4.69) is 4.40 Å². The molecule has 0 aliphatic rings. The lowest BCUT2D eigenvalue weighted by atomic mass is 10.1. The Kier molecular flexibility index (Phi) is 5.14. The molecule has 0 saturated carbocycles. The van der Waals surface area contributed by atoms with Crippen molar-refractivity contribution in [1.82, 2.24) is 0 Å². The molecular formula is C18H21NO2S. The van der Waals surface area contributed by atoms with E-state index in [1.807, 2.05) is 76.2 Å². The molecule has 2 rings (SSSR count). The fraction of sp³-hybridized carbons (Fsp3) is 0.278. The van der Waals surface area contributed by atoms with Gasteiger partial charge < -0.3 is 4.74 Å². The molecule has 0 N–H and O–H groups in total. The number of rotatable bonds is 4. The lowest BCUT2D eigenvalue weighted by Gasteiger charge is -2.13. The van der Waals surface area contributed by atoms with Crippen LogP contribution in [0.5, 0.6) is 11.5 Å². The van der Waals surface area contributed by atoms with Gasteiger partial charge in [-0.3, -0.25) is 0 Å². The maximum Gasteiger partial charge on any atom is 0.144 e. The minimum absolute atomic E-state index is 0.345. The van der Waals surface area contributed by atoms with Crippen molar-refractivity contribution in [3.05, 3.63) is 59.7 Å². The summed E-state index contributed by atoms with van der Waals surface area (Å²) in [6.45, 7) is 7.70. The summed E-state index contributed by atoms with van der Waals surface area (Å²) >= 11 is 0. The molecule has 0 amide bonds. The summed E-state index contributed by atoms with van der Waals surface area (Å²) in [6.07, 6.45) is 1.65. The fourth-order valence-electron chi connectivity index (χ4n) is 1.75. The van der Waals surface area contributed by atoms with Gasteiger partial charge in [0.25, 0.3) is 0 Å². The van der Waals surface area contributed by atoms with Crippen LogP contribution in [0.1, 0.15) is 31.9 Å². The van der Waals surface area contributed by atoms with Gasteiger partial charge in [-0.1, -0.05) is 18.2 Å². The third kappa shape index (κ3) is 4.53. The Labute approximate surface area is 134 Å². The van der Waals surface area contributed by atoms with Crippen LogP contribution in [0.4, 0.5) is 0 Å². The Balaban J connectivity index is 2.13. The summed E-state index contributed by atoms with van der Waals surface area (Å²) in [4.78, 5) is 0. The Morgan fingerprint density at radius 3 is 2.36 bits per heavy atom. The molecule has 4 heteroatoms. The van der Waals surface area contributed by atoms with Crippen LogP contribution in [0.2, 0.25) is 0 Å². The van der Waals surface area contributed by atoms with Gasteiger partial charge in [-0.15, -0.1) is 0 Å². The molecule has 0 radical (unpaired) electrons. The molecule has 3 nitrogen and oxygen atoms in total. The van der Waals surface area contributed by atoms with Crippen molar-refractivity contribution in [3.63, 3.8) is 0 Å². The summed E-state index contributed by atoms with van der Waals surface area (Å²) in [5.74, 6) is 1.61. The summed E-state index contributed by atoms with van der Waals surface area (Å²) < 4.78 is 21.5. The summed E-state index contributed by atoms with van der Waals surface area (Å²) in [5.41, 5.74) is 1.92. The Bertz CT molecular complexity index is 688. The van der Waals surface area contributed by atoms with Gasteiger partial charge in [-0.25, -0.2) is 4.21 Å². The van der Waals surface area contributed by atoms with Gasteiger partial charge >= 0.3 is 0 Å². The van der Waals surface area contributed by atoms with Crippen LogP contribution in [0, 0.1) is 6.92 Å². The zero-order valence-corrected chi connectivity index (χ0v) is 14.2. The first-order valence-corrected chi connectivity index (χ1v) is 8.26. The first-order chi connectivity index (χ1) is 10.4. The highest BCUT2D eigenvalue weighted by molar-refractivity contribution is 7.85. The molecular weight excluding hydrogens is 294 g/mol. The topological polar surface area (TPSA) is 38.7 Å². The van der Waals surface area contributed by atoms with Gasteiger partial charge in [0.1, 0.15) is 22.5 Å². The molecule has 0 aromatic heterocycles. The van der Waals surface area contributed by atoms with Crippen molar-refractivity contribution in [2.45, 2.75) is 32.4 Å². The minimum Gasteiger partial charge on any atom is -0.457 e. The highest BCUT2D eigenvalue weighted by Gasteiger charge is 2.18. The van der Waals surface area contributed by atoms with E-state index in [-0.39, 0.29) is 4.75 Å². The van der Waals surface area contributed by atoms with Gasteiger partial charge in [0.15, 0.2) is 0 Å². The molecule has 22 heavy (non-hydrogen) atoms. The lowest BCUT2D eigenvalue weighted by molar-refractivity contribution is 0.479. The quantitative estimate of drug-likeness (QED) is 0.769. The lowest BCUT2D eigenvalue weighted by Crippen LogP contribution is -2.19. The second kappa shape index (κ2) is 6.88. The van der Waals surface area contributed by atoms with E-state index in [0.717, 1.165) is 22.6 Å². The third-order valence-corrected chi connectivity index (χ3v) is 4.34. The van der Waals surface area contributed by atoms with E-state index in [0.29, 0.717) is 0 Å². The average Bonchev–Trinajstić information content (AvgIpc) is 2.47. The van der Waals surface area contributed by atoms with Crippen LogP contribution in [-0.2, 0) is 11.0 Å². The zero-order chi connectivity index (χ0) is 16.2. The van der Waals surface area contributed by atoms with Gasteiger partial charge in [-0.05, 0) is 69.2 Å². The number of hydrogen-bond donors (Lipinski definition) is 0. The van der Waals surface area contributed by atoms with E-state index >= 15 is 0 Å². The van der Waals surface area contributed by atoms with E-state index in [9.17, 15) is 4.21 Å². The second-order valence-electron chi connectivity index (χ2n) is 6.04. The van der Waals surface area contributed by atoms with Crippen LogP contribution in [0.15, 0.2) is 52.9 Å². The number of hydrogen-bond acceptors (Lipinski definition) is 2. The molecule has 0 bridgehead atoms.